The minimum Gasteiger partial charge on any atom is -0.487 e. The fraction of sp³-hybridized carbons (Fsp3) is 0.545. The Morgan fingerprint density at radius 3 is 2.60 bits per heavy atom. The zero-order valence-corrected chi connectivity index (χ0v) is 26.9. The van der Waals surface area contributed by atoms with Crippen molar-refractivity contribution in [2.75, 3.05) is 25.1 Å². The van der Waals surface area contributed by atoms with E-state index in [4.69, 9.17) is 25.5 Å². The van der Waals surface area contributed by atoms with Crippen LogP contribution >= 0.6 is 11.6 Å². The van der Waals surface area contributed by atoms with Crippen molar-refractivity contribution >= 4 is 31.6 Å². The Morgan fingerprint density at radius 1 is 1.18 bits per heavy atom. The number of nitrogens with zero attached hydrogens (tertiary/aromatic N) is 1. The molecule has 0 bridgehead atoms. The molecular weight excluding hydrogens is 538 g/mol. The second kappa shape index (κ2) is 12.7. The number of esters is 1. The molecule has 2 aromatic rings. The minimum atomic E-state index is -1.93. The van der Waals surface area contributed by atoms with Gasteiger partial charge in [0.25, 0.3) is 0 Å². The molecule has 0 saturated heterocycles. The van der Waals surface area contributed by atoms with Crippen LogP contribution in [-0.2, 0) is 22.2 Å². The van der Waals surface area contributed by atoms with Crippen molar-refractivity contribution in [3.05, 3.63) is 70.8 Å². The van der Waals surface area contributed by atoms with Crippen LogP contribution < -0.4 is 9.64 Å². The van der Waals surface area contributed by atoms with Crippen LogP contribution in [0.3, 0.4) is 0 Å². The molecule has 7 heteroatoms. The smallest absolute Gasteiger partial charge is 0.337 e. The predicted octanol–water partition coefficient (Wildman–Crippen LogP) is 8.45. The number of carbonyl (C=O) groups excluding carboxylic acids is 1. The van der Waals surface area contributed by atoms with Crippen molar-refractivity contribution in [1.82, 2.24) is 0 Å². The topological polar surface area (TPSA) is 48.0 Å². The maximum Gasteiger partial charge on any atom is 0.337 e. The van der Waals surface area contributed by atoms with Gasteiger partial charge in [-0.1, -0.05) is 44.5 Å². The maximum absolute atomic E-state index is 12.5. The highest BCUT2D eigenvalue weighted by atomic mass is 35.5. The van der Waals surface area contributed by atoms with E-state index < -0.39 is 8.32 Å². The van der Waals surface area contributed by atoms with Gasteiger partial charge in [-0.2, -0.15) is 0 Å². The first kappa shape index (κ1) is 30.7. The van der Waals surface area contributed by atoms with Crippen LogP contribution in [0.15, 0.2) is 49.1 Å². The normalized spacial score (nSPS) is 20.6. The number of hydrogen-bond acceptors (Lipinski definition) is 5. The van der Waals surface area contributed by atoms with Crippen molar-refractivity contribution in [2.24, 2.45) is 11.8 Å². The lowest BCUT2D eigenvalue weighted by Crippen LogP contribution is -2.50. The highest BCUT2D eigenvalue weighted by molar-refractivity contribution is 6.74. The van der Waals surface area contributed by atoms with Crippen LogP contribution in [0.5, 0.6) is 5.75 Å². The Morgan fingerprint density at radius 2 is 1.95 bits per heavy atom. The average molecular weight is 584 g/mol. The number of anilines is 1. The van der Waals surface area contributed by atoms with E-state index in [1.165, 1.54) is 12.7 Å². The molecule has 2 aliphatic rings. The summed E-state index contributed by atoms with van der Waals surface area (Å²) in [6.07, 6.45) is 7.42. The van der Waals surface area contributed by atoms with Crippen molar-refractivity contribution in [1.29, 1.82) is 0 Å². The molecule has 1 aliphatic carbocycles. The number of ether oxygens (including phenoxy) is 2. The Balaban J connectivity index is 1.61. The lowest BCUT2D eigenvalue weighted by Gasteiger charge is -2.47. The zero-order chi connectivity index (χ0) is 29.1. The number of rotatable bonds is 7. The first-order valence-electron chi connectivity index (χ1n) is 14.6. The van der Waals surface area contributed by atoms with Gasteiger partial charge in [0.05, 0.1) is 24.5 Å². The molecule has 5 nitrogen and oxygen atoms in total. The average Bonchev–Trinajstić information content (AvgIpc) is 2.92. The van der Waals surface area contributed by atoms with Gasteiger partial charge in [-0.3, -0.25) is 0 Å². The quantitative estimate of drug-likeness (QED) is 0.186. The predicted molar refractivity (Wildman–Crippen MR) is 167 cm³/mol. The van der Waals surface area contributed by atoms with E-state index in [2.05, 4.69) is 57.5 Å². The molecule has 0 amide bonds. The summed E-state index contributed by atoms with van der Waals surface area (Å²) < 4.78 is 18.4. The van der Waals surface area contributed by atoms with Gasteiger partial charge in [-0.25, -0.2) is 4.79 Å². The van der Waals surface area contributed by atoms with Crippen LogP contribution in [0.1, 0.15) is 67.9 Å². The van der Waals surface area contributed by atoms with E-state index in [0.29, 0.717) is 24.0 Å². The molecule has 0 aromatic heterocycles. The summed E-state index contributed by atoms with van der Waals surface area (Å²) in [6.45, 7) is 17.9. The van der Waals surface area contributed by atoms with Gasteiger partial charge in [-0.15, -0.1) is 6.58 Å². The SMILES string of the molecule is C=CC(O[Si](C)(C)C(C)(C)C)[C@@H]1CC[C@H]1CN1CCCCc2cc(Cl)ccc2COc2ccc(C(=O)OC)cc21. The molecule has 0 N–H and O–H groups in total. The highest BCUT2D eigenvalue weighted by Gasteiger charge is 2.44. The largest absolute Gasteiger partial charge is 0.487 e. The maximum atomic E-state index is 12.5. The number of fused-ring (bicyclic) bond motifs is 2. The molecular formula is C33H46ClNO4Si. The summed E-state index contributed by atoms with van der Waals surface area (Å²) in [5, 5.41) is 0.903. The van der Waals surface area contributed by atoms with Crippen molar-refractivity contribution in [3.63, 3.8) is 0 Å². The molecule has 0 radical (unpaired) electrons. The molecule has 1 aliphatic heterocycles. The third-order valence-corrected chi connectivity index (χ3v) is 13.9. The molecule has 40 heavy (non-hydrogen) atoms. The van der Waals surface area contributed by atoms with E-state index in [-0.39, 0.29) is 17.1 Å². The van der Waals surface area contributed by atoms with Crippen molar-refractivity contribution < 1.29 is 18.7 Å². The monoisotopic (exact) mass is 583 g/mol. The van der Waals surface area contributed by atoms with E-state index in [0.717, 1.165) is 67.2 Å². The summed E-state index contributed by atoms with van der Waals surface area (Å²) in [6, 6.07) is 11.7. The number of benzene rings is 2. The first-order valence-corrected chi connectivity index (χ1v) is 17.9. The summed E-state index contributed by atoms with van der Waals surface area (Å²) >= 11 is 6.33. The molecule has 218 valence electrons. The summed E-state index contributed by atoms with van der Waals surface area (Å²) in [4.78, 5) is 14.9. The van der Waals surface area contributed by atoms with E-state index >= 15 is 0 Å². The van der Waals surface area contributed by atoms with Crippen molar-refractivity contribution in [3.8, 4) is 5.75 Å². The van der Waals surface area contributed by atoms with Crippen LogP contribution in [0.4, 0.5) is 5.69 Å². The Hall–Kier alpha value is -2.28. The Labute approximate surface area is 247 Å². The summed E-state index contributed by atoms with van der Waals surface area (Å²) in [5.41, 5.74) is 3.87. The second-order valence-electron chi connectivity index (χ2n) is 12.9. The third kappa shape index (κ3) is 6.95. The number of methoxy groups -OCH3 is 1. The number of halogens is 1. The fourth-order valence-corrected chi connectivity index (χ4v) is 7.05. The van der Waals surface area contributed by atoms with Gasteiger partial charge in [-0.05, 0) is 104 Å². The van der Waals surface area contributed by atoms with Gasteiger partial charge in [0.15, 0.2) is 8.32 Å². The Bertz CT molecular complexity index is 1210. The van der Waals surface area contributed by atoms with Gasteiger partial charge >= 0.3 is 5.97 Å². The number of carbonyl (C=O) groups is 1. The second-order valence-corrected chi connectivity index (χ2v) is 18.1. The van der Waals surface area contributed by atoms with Crippen molar-refractivity contribution in [2.45, 2.75) is 83.7 Å². The fourth-order valence-electron chi connectivity index (χ4n) is 5.55. The van der Waals surface area contributed by atoms with Gasteiger partial charge in [0, 0.05) is 18.1 Å². The van der Waals surface area contributed by atoms with Gasteiger partial charge < -0.3 is 18.8 Å². The van der Waals surface area contributed by atoms with Crippen LogP contribution in [0.25, 0.3) is 0 Å². The summed E-state index contributed by atoms with van der Waals surface area (Å²) in [7, 11) is -0.509. The third-order valence-electron chi connectivity index (χ3n) is 9.22. The van der Waals surface area contributed by atoms with E-state index in [1.54, 1.807) is 6.07 Å². The Kier molecular flexibility index (Phi) is 9.74. The lowest BCUT2D eigenvalue weighted by atomic mass is 9.70. The zero-order valence-electron chi connectivity index (χ0n) is 25.1. The molecule has 1 fully saturated rings. The molecule has 1 heterocycles. The van der Waals surface area contributed by atoms with Gasteiger partial charge in [0.1, 0.15) is 12.4 Å². The highest BCUT2D eigenvalue weighted by Crippen LogP contribution is 2.45. The number of aryl methyl sites for hydroxylation is 1. The lowest BCUT2D eigenvalue weighted by molar-refractivity contribution is 0.0534. The molecule has 4 rings (SSSR count). The minimum absolute atomic E-state index is 0.0555. The molecule has 3 atom stereocenters. The van der Waals surface area contributed by atoms with Gasteiger partial charge in [0.2, 0.25) is 0 Å². The molecule has 2 aromatic carbocycles. The molecule has 1 unspecified atom stereocenters. The number of hydrogen-bond donors (Lipinski definition) is 0. The molecule has 0 spiro atoms. The van der Waals surface area contributed by atoms with E-state index in [9.17, 15) is 4.79 Å². The molecule has 1 saturated carbocycles. The first-order chi connectivity index (χ1) is 18.9. The van der Waals surface area contributed by atoms with E-state index in [1.807, 2.05) is 24.3 Å². The van der Waals surface area contributed by atoms with Crippen LogP contribution in [0.2, 0.25) is 23.2 Å². The summed E-state index contributed by atoms with van der Waals surface area (Å²) in [5.74, 6) is 1.35. The van der Waals surface area contributed by atoms with Crippen LogP contribution in [0, 0.1) is 11.8 Å². The van der Waals surface area contributed by atoms with Crippen LogP contribution in [-0.4, -0.2) is 40.6 Å². The standard InChI is InChI=1S/C33H46ClNO4Si/c1-8-30(39-40(6,7)33(2,3)4)28-16-13-25(28)21-35-18-10-9-11-23-19-27(34)15-12-26(23)22-38-31-17-14-24(20-29(31)35)32(36)37-5/h8,12,14-15,17,19-20,25,28,30H,1,9-11,13,16,18,21-22H2,2-7H3/t25-,28+,30?/m0/s1.